The average Bonchev–Trinajstić information content (AvgIpc) is 2.90. The van der Waals surface area contributed by atoms with Gasteiger partial charge in [0, 0.05) is 18.4 Å². The third-order valence-corrected chi connectivity index (χ3v) is 3.12. The van der Waals surface area contributed by atoms with Crippen LogP contribution in [0.5, 0.6) is 5.75 Å². The number of aromatic nitrogens is 2. The van der Waals surface area contributed by atoms with Crippen LogP contribution in [0.4, 0.5) is 0 Å². The molecule has 6 heteroatoms. The third-order valence-electron chi connectivity index (χ3n) is 3.12. The SMILES string of the molecule is COc1ccccc1C(C)NC(=O)CCc1nc(C)no1. The van der Waals surface area contributed by atoms with E-state index in [4.69, 9.17) is 9.26 Å². The zero-order chi connectivity index (χ0) is 15.2. The van der Waals surface area contributed by atoms with Crippen molar-refractivity contribution < 1.29 is 14.1 Å². The molecule has 1 atom stereocenters. The molecule has 2 aromatic rings. The molecule has 0 spiro atoms. The van der Waals surface area contributed by atoms with Crippen LogP contribution in [-0.2, 0) is 11.2 Å². The number of benzene rings is 1. The van der Waals surface area contributed by atoms with Gasteiger partial charge in [-0.3, -0.25) is 4.79 Å². The Balaban J connectivity index is 1.89. The molecule has 0 fully saturated rings. The number of para-hydroxylation sites is 1. The molecule has 0 aliphatic carbocycles. The lowest BCUT2D eigenvalue weighted by atomic mass is 10.1. The number of carbonyl (C=O) groups excluding carboxylic acids is 1. The Kier molecular flexibility index (Phi) is 4.92. The Morgan fingerprint density at radius 2 is 2.19 bits per heavy atom. The van der Waals surface area contributed by atoms with E-state index in [-0.39, 0.29) is 11.9 Å². The van der Waals surface area contributed by atoms with E-state index >= 15 is 0 Å². The van der Waals surface area contributed by atoms with Crippen LogP contribution < -0.4 is 10.1 Å². The van der Waals surface area contributed by atoms with Crippen molar-refractivity contribution in [2.75, 3.05) is 7.11 Å². The second kappa shape index (κ2) is 6.88. The smallest absolute Gasteiger partial charge is 0.227 e. The molecule has 21 heavy (non-hydrogen) atoms. The summed E-state index contributed by atoms with van der Waals surface area (Å²) in [5.41, 5.74) is 0.946. The largest absolute Gasteiger partial charge is 0.496 e. The highest BCUT2D eigenvalue weighted by Gasteiger charge is 2.14. The fraction of sp³-hybridized carbons (Fsp3) is 0.400. The zero-order valence-electron chi connectivity index (χ0n) is 12.4. The van der Waals surface area contributed by atoms with Crippen LogP contribution >= 0.6 is 0 Å². The first-order valence-electron chi connectivity index (χ1n) is 6.81. The molecule has 2 rings (SSSR count). The Labute approximate surface area is 123 Å². The van der Waals surface area contributed by atoms with Crippen LogP contribution in [0.15, 0.2) is 28.8 Å². The summed E-state index contributed by atoms with van der Waals surface area (Å²) in [4.78, 5) is 16.0. The van der Waals surface area contributed by atoms with Crippen molar-refractivity contribution in [3.8, 4) is 5.75 Å². The van der Waals surface area contributed by atoms with Crippen molar-refractivity contribution in [3.05, 3.63) is 41.5 Å². The molecule has 112 valence electrons. The summed E-state index contributed by atoms with van der Waals surface area (Å²) >= 11 is 0. The van der Waals surface area contributed by atoms with Crippen LogP contribution in [0.2, 0.25) is 0 Å². The molecule has 0 aliphatic rings. The molecular formula is C15H19N3O3. The molecule has 0 bridgehead atoms. The van der Waals surface area contributed by atoms with Gasteiger partial charge in [0.2, 0.25) is 11.8 Å². The summed E-state index contributed by atoms with van der Waals surface area (Å²) in [6, 6.07) is 7.50. The summed E-state index contributed by atoms with van der Waals surface area (Å²) in [5.74, 6) is 1.75. The summed E-state index contributed by atoms with van der Waals surface area (Å²) in [6.07, 6.45) is 0.743. The van der Waals surface area contributed by atoms with Crippen LogP contribution in [0, 0.1) is 6.92 Å². The van der Waals surface area contributed by atoms with Gasteiger partial charge >= 0.3 is 0 Å². The van der Waals surface area contributed by atoms with Gasteiger partial charge in [-0.05, 0) is 19.9 Å². The number of nitrogens with zero attached hydrogens (tertiary/aromatic N) is 2. The minimum Gasteiger partial charge on any atom is -0.496 e. The van der Waals surface area contributed by atoms with E-state index in [9.17, 15) is 4.79 Å². The van der Waals surface area contributed by atoms with Crippen molar-refractivity contribution in [2.45, 2.75) is 32.7 Å². The van der Waals surface area contributed by atoms with E-state index in [2.05, 4.69) is 15.5 Å². The van der Waals surface area contributed by atoms with Crippen LogP contribution in [0.3, 0.4) is 0 Å². The first kappa shape index (κ1) is 15.0. The highest BCUT2D eigenvalue weighted by atomic mass is 16.5. The van der Waals surface area contributed by atoms with Gasteiger partial charge in [-0.2, -0.15) is 4.98 Å². The lowest BCUT2D eigenvalue weighted by Crippen LogP contribution is -2.27. The Morgan fingerprint density at radius 1 is 1.43 bits per heavy atom. The number of carbonyl (C=O) groups is 1. The van der Waals surface area contributed by atoms with Crippen molar-refractivity contribution >= 4 is 5.91 Å². The lowest BCUT2D eigenvalue weighted by molar-refractivity contribution is -0.121. The van der Waals surface area contributed by atoms with Crippen LogP contribution in [0.25, 0.3) is 0 Å². The molecule has 0 saturated carbocycles. The standard InChI is InChI=1S/C15H19N3O3/c1-10(12-6-4-5-7-13(12)20-3)16-14(19)8-9-15-17-11(2)18-21-15/h4-7,10H,8-9H2,1-3H3,(H,16,19). The maximum atomic E-state index is 12.0. The molecule has 0 saturated heterocycles. The Hall–Kier alpha value is -2.37. The summed E-state index contributed by atoms with van der Waals surface area (Å²) in [6.45, 7) is 3.67. The van der Waals surface area contributed by atoms with Gasteiger partial charge in [-0.1, -0.05) is 23.4 Å². The minimum absolute atomic E-state index is 0.0655. The van der Waals surface area contributed by atoms with Gasteiger partial charge in [0.25, 0.3) is 0 Å². The number of nitrogens with one attached hydrogen (secondary N) is 1. The molecule has 1 N–H and O–H groups in total. The molecule has 6 nitrogen and oxygen atoms in total. The number of methoxy groups -OCH3 is 1. The van der Waals surface area contributed by atoms with Gasteiger partial charge in [0.15, 0.2) is 5.82 Å². The van der Waals surface area contributed by atoms with E-state index in [0.717, 1.165) is 11.3 Å². The van der Waals surface area contributed by atoms with E-state index < -0.39 is 0 Å². The molecule has 1 aromatic heterocycles. The quantitative estimate of drug-likeness (QED) is 0.882. The topological polar surface area (TPSA) is 77.2 Å². The first-order valence-corrected chi connectivity index (χ1v) is 6.81. The number of amides is 1. The second-order valence-corrected chi connectivity index (χ2v) is 4.77. The van der Waals surface area contributed by atoms with Gasteiger partial charge in [-0.15, -0.1) is 0 Å². The normalized spacial score (nSPS) is 12.0. The van der Waals surface area contributed by atoms with Crippen molar-refractivity contribution in [1.82, 2.24) is 15.5 Å². The summed E-state index contributed by atoms with van der Waals surface area (Å²) in [7, 11) is 1.62. The predicted molar refractivity (Wildman–Crippen MR) is 76.9 cm³/mol. The molecule has 1 aromatic carbocycles. The highest BCUT2D eigenvalue weighted by molar-refractivity contribution is 5.76. The molecule has 1 unspecified atom stereocenters. The lowest BCUT2D eigenvalue weighted by Gasteiger charge is -2.17. The number of hydrogen-bond donors (Lipinski definition) is 1. The fourth-order valence-electron chi connectivity index (χ4n) is 2.08. The van der Waals surface area contributed by atoms with Crippen LogP contribution in [0.1, 0.15) is 36.7 Å². The second-order valence-electron chi connectivity index (χ2n) is 4.77. The molecule has 0 aliphatic heterocycles. The number of ether oxygens (including phenoxy) is 1. The van der Waals surface area contributed by atoms with Crippen molar-refractivity contribution in [1.29, 1.82) is 0 Å². The van der Waals surface area contributed by atoms with Gasteiger partial charge in [-0.25, -0.2) is 0 Å². The monoisotopic (exact) mass is 289 g/mol. The van der Waals surface area contributed by atoms with E-state index in [0.29, 0.717) is 24.6 Å². The van der Waals surface area contributed by atoms with E-state index in [1.165, 1.54) is 0 Å². The number of hydrogen-bond acceptors (Lipinski definition) is 5. The van der Waals surface area contributed by atoms with Gasteiger partial charge in [0.05, 0.1) is 13.2 Å². The maximum absolute atomic E-state index is 12.0. The minimum atomic E-state index is -0.127. The molecular weight excluding hydrogens is 270 g/mol. The Bertz CT molecular complexity index is 610. The van der Waals surface area contributed by atoms with Gasteiger partial charge in [0.1, 0.15) is 5.75 Å². The molecule has 0 radical (unpaired) electrons. The Morgan fingerprint density at radius 3 is 2.86 bits per heavy atom. The van der Waals surface area contributed by atoms with Crippen molar-refractivity contribution in [3.63, 3.8) is 0 Å². The molecule has 1 heterocycles. The van der Waals surface area contributed by atoms with Crippen LogP contribution in [-0.4, -0.2) is 23.2 Å². The predicted octanol–water partition coefficient (Wildman–Crippen LogP) is 2.20. The summed E-state index contributed by atoms with van der Waals surface area (Å²) in [5, 5.41) is 6.63. The van der Waals surface area contributed by atoms with E-state index in [1.54, 1.807) is 14.0 Å². The maximum Gasteiger partial charge on any atom is 0.227 e. The summed E-state index contributed by atoms with van der Waals surface area (Å²) < 4.78 is 10.3. The van der Waals surface area contributed by atoms with Crippen molar-refractivity contribution in [2.24, 2.45) is 0 Å². The number of rotatable bonds is 6. The van der Waals surface area contributed by atoms with E-state index in [1.807, 2.05) is 31.2 Å². The average molecular weight is 289 g/mol. The van der Waals surface area contributed by atoms with Gasteiger partial charge < -0.3 is 14.6 Å². The highest BCUT2D eigenvalue weighted by Crippen LogP contribution is 2.24. The molecule has 1 amide bonds. The fourth-order valence-corrected chi connectivity index (χ4v) is 2.08. The number of aryl methyl sites for hydroxylation is 2. The third kappa shape index (κ3) is 4.05. The first-order chi connectivity index (χ1) is 10.1. The zero-order valence-corrected chi connectivity index (χ0v) is 12.4.